The molecule has 2 aliphatic heterocycles. The van der Waals surface area contributed by atoms with Gasteiger partial charge in [-0.3, -0.25) is 19.3 Å². The van der Waals surface area contributed by atoms with E-state index in [4.69, 9.17) is 11.6 Å². The van der Waals surface area contributed by atoms with E-state index in [9.17, 15) is 19.5 Å². The van der Waals surface area contributed by atoms with E-state index in [0.717, 1.165) is 16.7 Å². The van der Waals surface area contributed by atoms with Crippen LogP contribution in [0.15, 0.2) is 29.2 Å². The van der Waals surface area contributed by atoms with Crippen LogP contribution in [0.4, 0.5) is 4.79 Å². The van der Waals surface area contributed by atoms with Gasteiger partial charge in [-0.25, -0.2) is 0 Å². The Hall–Kier alpha value is -1.48. The molecule has 0 bridgehead atoms. The van der Waals surface area contributed by atoms with Crippen molar-refractivity contribution in [3.63, 3.8) is 0 Å². The van der Waals surface area contributed by atoms with Crippen LogP contribution >= 0.6 is 35.1 Å². The minimum atomic E-state index is -0.607. The maximum Gasteiger partial charge on any atom is 0.294 e. The van der Waals surface area contributed by atoms with Gasteiger partial charge in [-0.05, 0) is 29.5 Å². The molecule has 1 aromatic rings. The Bertz CT molecular complexity index is 755. The highest BCUT2D eigenvalue weighted by molar-refractivity contribution is 8.18. The van der Waals surface area contributed by atoms with Gasteiger partial charge in [0.1, 0.15) is 6.54 Å². The summed E-state index contributed by atoms with van der Waals surface area (Å²) in [5, 5.41) is 12.4. The van der Waals surface area contributed by atoms with E-state index < -0.39 is 23.2 Å². The third-order valence-electron chi connectivity index (χ3n) is 3.76. The summed E-state index contributed by atoms with van der Waals surface area (Å²) in [6.07, 6.45) is 0.937. The van der Waals surface area contributed by atoms with E-state index >= 15 is 0 Å². The van der Waals surface area contributed by atoms with E-state index in [2.05, 4.69) is 5.32 Å². The molecule has 0 radical (unpaired) electrons. The largest absolute Gasteiger partial charge is 0.390 e. The van der Waals surface area contributed by atoms with Gasteiger partial charge in [0.2, 0.25) is 5.91 Å². The zero-order valence-corrected chi connectivity index (χ0v) is 15.4. The summed E-state index contributed by atoms with van der Waals surface area (Å²) in [7, 11) is 0. The summed E-state index contributed by atoms with van der Waals surface area (Å²) in [5.74, 6) is 0.188. The van der Waals surface area contributed by atoms with E-state index in [-0.39, 0.29) is 17.5 Å². The molecule has 132 valence electrons. The lowest BCUT2D eigenvalue weighted by molar-refractivity contribution is -0.129. The molecule has 2 fully saturated rings. The average Bonchev–Trinajstić information content (AvgIpc) is 3.08. The van der Waals surface area contributed by atoms with Crippen LogP contribution in [0.3, 0.4) is 0 Å². The molecular weight excluding hydrogens is 384 g/mol. The third kappa shape index (κ3) is 4.20. The van der Waals surface area contributed by atoms with E-state index in [0.29, 0.717) is 22.1 Å². The number of amides is 3. The molecule has 2 aliphatic rings. The third-order valence-corrected chi connectivity index (χ3v) is 6.19. The van der Waals surface area contributed by atoms with E-state index in [1.807, 2.05) is 0 Å². The van der Waals surface area contributed by atoms with E-state index in [1.54, 1.807) is 42.1 Å². The van der Waals surface area contributed by atoms with Gasteiger partial charge in [-0.1, -0.05) is 29.8 Å². The minimum absolute atomic E-state index is 0.224. The van der Waals surface area contributed by atoms with Crippen LogP contribution in [0.2, 0.25) is 5.02 Å². The quantitative estimate of drug-likeness (QED) is 0.754. The molecule has 2 atom stereocenters. The first-order valence-electron chi connectivity index (χ1n) is 7.51. The van der Waals surface area contributed by atoms with Gasteiger partial charge in [-0.2, -0.15) is 11.8 Å². The lowest BCUT2D eigenvalue weighted by Crippen LogP contribution is -2.47. The fourth-order valence-corrected chi connectivity index (χ4v) is 4.64. The molecule has 3 amide bonds. The van der Waals surface area contributed by atoms with Crippen LogP contribution in [0.25, 0.3) is 6.08 Å². The number of aliphatic hydroxyl groups is 1. The molecule has 1 aromatic carbocycles. The van der Waals surface area contributed by atoms with Crippen molar-refractivity contribution in [2.75, 3.05) is 18.1 Å². The number of thioether (sulfide) groups is 2. The van der Waals surface area contributed by atoms with Gasteiger partial charge in [0, 0.05) is 16.5 Å². The number of aliphatic hydroxyl groups excluding tert-OH is 1. The zero-order valence-electron chi connectivity index (χ0n) is 13.0. The number of imide groups is 1. The summed E-state index contributed by atoms with van der Waals surface area (Å²) in [6.45, 7) is -0.363. The molecule has 0 aliphatic carbocycles. The van der Waals surface area contributed by atoms with Crippen molar-refractivity contribution in [1.29, 1.82) is 0 Å². The fraction of sp³-hybridized carbons (Fsp3) is 0.312. The molecular formula is C16H15ClN2O4S2. The van der Waals surface area contributed by atoms with Crippen molar-refractivity contribution in [3.8, 4) is 0 Å². The molecule has 0 aromatic heterocycles. The normalized spacial score (nSPS) is 25.0. The van der Waals surface area contributed by atoms with Crippen molar-refractivity contribution in [2.45, 2.75) is 12.1 Å². The maximum atomic E-state index is 12.4. The molecule has 0 unspecified atom stereocenters. The molecule has 2 heterocycles. The summed E-state index contributed by atoms with van der Waals surface area (Å²) < 4.78 is 0. The van der Waals surface area contributed by atoms with Crippen molar-refractivity contribution in [2.24, 2.45) is 0 Å². The molecule has 9 heteroatoms. The Labute approximate surface area is 158 Å². The molecule has 0 spiro atoms. The highest BCUT2D eigenvalue weighted by atomic mass is 35.5. The number of nitrogens with zero attached hydrogens (tertiary/aromatic N) is 1. The van der Waals surface area contributed by atoms with Crippen LogP contribution in [-0.2, 0) is 9.59 Å². The Balaban J connectivity index is 1.67. The first-order chi connectivity index (χ1) is 12.0. The Morgan fingerprint density at radius 2 is 2.12 bits per heavy atom. The molecule has 3 rings (SSSR count). The molecule has 2 saturated heterocycles. The number of nitrogens with one attached hydrogen (secondary N) is 1. The number of carbonyl (C=O) groups excluding carboxylic acids is 3. The second-order valence-corrected chi connectivity index (χ2v) is 8.04. The van der Waals surface area contributed by atoms with Crippen LogP contribution in [0, 0.1) is 0 Å². The lowest BCUT2D eigenvalue weighted by Gasteiger charge is -2.18. The molecule has 2 N–H and O–H groups in total. The number of hydrogen-bond donors (Lipinski definition) is 2. The average molecular weight is 399 g/mol. The molecule has 25 heavy (non-hydrogen) atoms. The number of hydrogen-bond acceptors (Lipinski definition) is 6. The summed E-state index contributed by atoms with van der Waals surface area (Å²) in [5.41, 5.74) is 0.630. The van der Waals surface area contributed by atoms with Gasteiger partial charge < -0.3 is 10.4 Å². The van der Waals surface area contributed by atoms with Crippen LogP contribution in [0.5, 0.6) is 0 Å². The van der Waals surface area contributed by atoms with Gasteiger partial charge in [0.15, 0.2) is 0 Å². The SMILES string of the molecule is O=C(CN1C(=O)S/C(=C\c2ccccc2Cl)C1=O)N[C@@H]1CSC[C@@H]1O. The van der Waals surface area contributed by atoms with Gasteiger partial charge in [-0.15, -0.1) is 0 Å². The standard InChI is InChI=1S/C16H15ClN2O4S2/c17-10-4-2-1-3-9(10)5-13-15(22)19(16(23)25-13)6-14(21)18-11-7-24-8-12(11)20/h1-5,11-12,20H,6-8H2,(H,18,21)/b13-5-/t11-,12+/m1/s1. The number of rotatable bonds is 4. The number of benzene rings is 1. The number of carbonyl (C=O) groups is 3. The summed E-state index contributed by atoms with van der Waals surface area (Å²) in [4.78, 5) is 37.7. The first-order valence-corrected chi connectivity index (χ1v) is 9.85. The smallest absolute Gasteiger partial charge is 0.294 e. The van der Waals surface area contributed by atoms with Gasteiger partial charge >= 0.3 is 0 Å². The predicted molar refractivity (Wildman–Crippen MR) is 99.4 cm³/mol. The fourth-order valence-electron chi connectivity index (χ4n) is 2.45. The van der Waals surface area contributed by atoms with Crippen molar-refractivity contribution in [3.05, 3.63) is 39.8 Å². The van der Waals surface area contributed by atoms with Crippen molar-refractivity contribution in [1.82, 2.24) is 10.2 Å². The highest BCUT2D eigenvalue weighted by Crippen LogP contribution is 2.33. The second kappa shape index (κ2) is 7.82. The molecule has 0 saturated carbocycles. The maximum absolute atomic E-state index is 12.4. The highest BCUT2D eigenvalue weighted by Gasteiger charge is 2.37. The van der Waals surface area contributed by atoms with Crippen LogP contribution in [-0.4, -0.2) is 57.3 Å². The van der Waals surface area contributed by atoms with Crippen molar-refractivity contribution < 1.29 is 19.5 Å². The lowest BCUT2D eigenvalue weighted by atomic mass is 10.2. The van der Waals surface area contributed by atoms with Crippen LogP contribution < -0.4 is 5.32 Å². The van der Waals surface area contributed by atoms with Gasteiger partial charge in [0.25, 0.3) is 11.1 Å². The second-order valence-electron chi connectivity index (χ2n) is 5.57. The monoisotopic (exact) mass is 398 g/mol. The summed E-state index contributed by atoms with van der Waals surface area (Å²) >= 11 is 8.38. The van der Waals surface area contributed by atoms with Gasteiger partial charge in [0.05, 0.1) is 17.1 Å². The minimum Gasteiger partial charge on any atom is -0.390 e. The summed E-state index contributed by atoms with van der Waals surface area (Å²) in [6, 6.07) is 6.63. The Morgan fingerprint density at radius 3 is 2.80 bits per heavy atom. The van der Waals surface area contributed by atoms with Crippen LogP contribution in [0.1, 0.15) is 5.56 Å². The Morgan fingerprint density at radius 1 is 1.36 bits per heavy atom. The Kier molecular flexibility index (Phi) is 5.73. The first kappa shape index (κ1) is 18.3. The van der Waals surface area contributed by atoms with Crippen molar-refractivity contribution >= 4 is 58.3 Å². The van der Waals surface area contributed by atoms with E-state index in [1.165, 1.54) is 0 Å². The predicted octanol–water partition coefficient (Wildman–Crippen LogP) is 1.97. The molecule has 6 nitrogen and oxygen atoms in total. The topological polar surface area (TPSA) is 86.7 Å². The number of halogens is 1. The zero-order chi connectivity index (χ0) is 18.0.